The fraction of sp³-hybridized carbons (Fsp3) is 0.619. The Morgan fingerprint density at radius 2 is 1.40 bits per heavy atom. The number of hydrogen-bond acceptors (Lipinski definition) is 2. The van der Waals surface area contributed by atoms with E-state index in [-0.39, 0.29) is 5.92 Å². The van der Waals surface area contributed by atoms with Crippen LogP contribution in [0.2, 0.25) is 0 Å². The van der Waals surface area contributed by atoms with Gasteiger partial charge >= 0.3 is 11.8 Å². The number of nitrogens with one attached hydrogen (secondary N) is 2. The van der Waals surface area contributed by atoms with Crippen LogP contribution in [0, 0.1) is 0 Å². The molecule has 0 aromatic heterocycles. The number of amides is 2. The molecule has 2 amide bonds. The van der Waals surface area contributed by atoms with Crippen molar-refractivity contribution in [2.45, 2.75) is 71.1 Å². The van der Waals surface area contributed by atoms with E-state index in [1.807, 2.05) is 37.3 Å². The predicted molar refractivity (Wildman–Crippen MR) is 103 cm³/mol. The fourth-order valence-electron chi connectivity index (χ4n) is 2.77. The number of carbonyl (C=O) groups excluding carboxylic acids is 2. The molecule has 0 aliphatic rings. The first-order chi connectivity index (χ1) is 12.1. The molecule has 0 bridgehead atoms. The Labute approximate surface area is 152 Å². The lowest BCUT2D eigenvalue weighted by atomic mass is 10.0. The Hall–Kier alpha value is -1.84. The van der Waals surface area contributed by atoms with Crippen LogP contribution < -0.4 is 10.6 Å². The van der Waals surface area contributed by atoms with Crippen molar-refractivity contribution in [3.05, 3.63) is 35.9 Å². The molecular weight excluding hydrogens is 312 g/mol. The number of carbonyl (C=O) groups is 2. The molecule has 0 aliphatic heterocycles. The van der Waals surface area contributed by atoms with E-state index in [1.54, 1.807) is 0 Å². The van der Waals surface area contributed by atoms with E-state index in [0.29, 0.717) is 13.1 Å². The Kier molecular flexibility index (Phi) is 11.4. The van der Waals surface area contributed by atoms with Gasteiger partial charge in [0.25, 0.3) is 0 Å². The Balaban J connectivity index is 2.05. The average Bonchev–Trinajstić information content (AvgIpc) is 2.65. The third kappa shape index (κ3) is 9.90. The highest BCUT2D eigenvalue weighted by Crippen LogP contribution is 2.12. The summed E-state index contributed by atoms with van der Waals surface area (Å²) in [6.45, 7) is 5.30. The van der Waals surface area contributed by atoms with Gasteiger partial charge in [0.15, 0.2) is 0 Å². The number of rotatable bonds is 12. The molecule has 140 valence electrons. The Bertz CT molecular complexity index is 488. The summed E-state index contributed by atoms with van der Waals surface area (Å²) in [7, 11) is 0. The van der Waals surface area contributed by atoms with Crippen molar-refractivity contribution in [3.8, 4) is 0 Å². The molecule has 4 heteroatoms. The smallest absolute Gasteiger partial charge is 0.309 e. The maximum atomic E-state index is 11.8. The van der Waals surface area contributed by atoms with Crippen molar-refractivity contribution >= 4 is 11.8 Å². The molecule has 0 unspecified atom stereocenters. The molecule has 0 heterocycles. The van der Waals surface area contributed by atoms with Crippen LogP contribution in [-0.4, -0.2) is 24.9 Å². The van der Waals surface area contributed by atoms with E-state index in [9.17, 15) is 9.59 Å². The van der Waals surface area contributed by atoms with E-state index in [0.717, 1.165) is 18.4 Å². The van der Waals surface area contributed by atoms with Crippen molar-refractivity contribution in [1.29, 1.82) is 0 Å². The third-order valence-electron chi connectivity index (χ3n) is 4.46. The molecule has 0 saturated carbocycles. The van der Waals surface area contributed by atoms with Crippen molar-refractivity contribution in [1.82, 2.24) is 10.6 Å². The first kappa shape index (κ1) is 21.2. The maximum Gasteiger partial charge on any atom is 0.309 e. The van der Waals surface area contributed by atoms with Crippen LogP contribution in [0.3, 0.4) is 0 Å². The lowest BCUT2D eigenvalue weighted by molar-refractivity contribution is -0.139. The van der Waals surface area contributed by atoms with Crippen molar-refractivity contribution in [3.63, 3.8) is 0 Å². The highest BCUT2D eigenvalue weighted by molar-refractivity contribution is 6.35. The van der Waals surface area contributed by atoms with E-state index in [4.69, 9.17) is 0 Å². The lowest BCUT2D eigenvalue weighted by Gasteiger charge is -2.13. The summed E-state index contributed by atoms with van der Waals surface area (Å²) in [5.41, 5.74) is 1.15. The summed E-state index contributed by atoms with van der Waals surface area (Å²) < 4.78 is 0. The monoisotopic (exact) mass is 346 g/mol. The van der Waals surface area contributed by atoms with Gasteiger partial charge in [-0.15, -0.1) is 0 Å². The zero-order valence-electron chi connectivity index (χ0n) is 15.9. The molecule has 0 radical (unpaired) electrons. The zero-order chi connectivity index (χ0) is 18.3. The van der Waals surface area contributed by atoms with Crippen LogP contribution in [0.4, 0.5) is 0 Å². The minimum absolute atomic E-state index is 0.186. The Morgan fingerprint density at radius 1 is 0.840 bits per heavy atom. The van der Waals surface area contributed by atoms with Crippen molar-refractivity contribution < 1.29 is 9.59 Å². The molecule has 2 N–H and O–H groups in total. The van der Waals surface area contributed by atoms with Crippen molar-refractivity contribution in [2.24, 2.45) is 0 Å². The Morgan fingerprint density at radius 3 is 2.04 bits per heavy atom. The lowest BCUT2D eigenvalue weighted by Crippen LogP contribution is -2.41. The van der Waals surface area contributed by atoms with Gasteiger partial charge in [0.05, 0.1) is 0 Å². The molecule has 0 saturated heterocycles. The van der Waals surface area contributed by atoms with Crippen LogP contribution >= 0.6 is 0 Å². The average molecular weight is 347 g/mol. The van der Waals surface area contributed by atoms with Gasteiger partial charge in [0.2, 0.25) is 0 Å². The normalized spacial score (nSPS) is 11.8. The van der Waals surface area contributed by atoms with Crippen LogP contribution in [0.5, 0.6) is 0 Å². The van der Waals surface area contributed by atoms with Crippen LogP contribution in [-0.2, 0) is 9.59 Å². The fourth-order valence-corrected chi connectivity index (χ4v) is 2.77. The van der Waals surface area contributed by atoms with Gasteiger partial charge in [-0.05, 0) is 17.9 Å². The molecule has 1 aromatic carbocycles. The van der Waals surface area contributed by atoms with Gasteiger partial charge in [0.1, 0.15) is 0 Å². The second-order valence-electron chi connectivity index (χ2n) is 6.75. The maximum absolute atomic E-state index is 11.8. The first-order valence-corrected chi connectivity index (χ1v) is 9.76. The summed E-state index contributed by atoms with van der Waals surface area (Å²) in [6, 6.07) is 9.97. The summed E-state index contributed by atoms with van der Waals surface area (Å²) in [5.74, 6) is -0.879. The molecule has 4 nitrogen and oxygen atoms in total. The minimum Gasteiger partial charge on any atom is -0.348 e. The SMILES string of the molecule is CCCCCCCCCCNC(=O)C(=O)NC[C@H](C)c1ccccc1. The summed E-state index contributed by atoms with van der Waals surface area (Å²) in [5, 5.41) is 5.42. The second-order valence-corrected chi connectivity index (χ2v) is 6.75. The van der Waals surface area contributed by atoms with Gasteiger partial charge in [-0.2, -0.15) is 0 Å². The second kappa shape index (κ2) is 13.5. The minimum atomic E-state index is -0.539. The molecule has 25 heavy (non-hydrogen) atoms. The van der Waals surface area contributed by atoms with Gasteiger partial charge in [-0.25, -0.2) is 0 Å². The first-order valence-electron chi connectivity index (χ1n) is 9.76. The van der Waals surface area contributed by atoms with Gasteiger partial charge in [-0.1, -0.05) is 89.1 Å². The van der Waals surface area contributed by atoms with Gasteiger partial charge in [0, 0.05) is 13.1 Å². The number of unbranched alkanes of at least 4 members (excludes halogenated alkanes) is 7. The van der Waals surface area contributed by atoms with Crippen LogP contribution in [0.25, 0.3) is 0 Å². The van der Waals surface area contributed by atoms with E-state index >= 15 is 0 Å². The van der Waals surface area contributed by atoms with Gasteiger partial charge in [-0.3, -0.25) is 9.59 Å². The van der Waals surface area contributed by atoms with Gasteiger partial charge < -0.3 is 10.6 Å². The summed E-state index contributed by atoms with van der Waals surface area (Å²) in [6.07, 6.45) is 9.77. The van der Waals surface area contributed by atoms with E-state index < -0.39 is 11.8 Å². The standard InChI is InChI=1S/C21H34N2O2/c1-3-4-5-6-7-8-9-13-16-22-20(24)21(25)23-17-18(2)19-14-11-10-12-15-19/h10-12,14-15,18H,3-9,13,16-17H2,1-2H3,(H,22,24)(H,23,25)/t18-/m0/s1. The van der Waals surface area contributed by atoms with Crippen LogP contribution in [0.1, 0.15) is 76.7 Å². The van der Waals surface area contributed by atoms with Crippen LogP contribution in [0.15, 0.2) is 30.3 Å². The molecule has 0 fully saturated rings. The molecular formula is C21H34N2O2. The number of benzene rings is 1. The molecule has 1 aromatic rings. The molecule has 0 spiro atoms. The predicted octanol–water partition coefficient (Wildman–Crippen LogP) is 4.16. The largest absolute Gasteiger partial charge is 0.348 e. The third-order valence-corrected chi connectivity index (χ3v) is 4.46. The van der Waals surface area contributed by atoms with Crippen molar-refractivity contribution in [2.75, 3.05) is 13.1 Å². The highest BCUT2D eigenvalue weighted by atomic mass is 16.2. The van der Waals surface area contributed by atoms with E-state index in [1.165, 1.54) is 38.5 Å². The molecule has 1 atom stereocenters. The quantitative estimate of drug-likeness (QED) is 0.441. The highest BCUT2D eigenvalue weighted by Gasteiger charge is 2.14. The van der Waals surface area contributed by atoms with E-state index in [2.05, 4.69) is 17.6 Å². The molecule has 0 aliphatic carbocycles. The molecule has 1 rings (SSSR count). The topological polar surface area (TPSA) is 58.2 Å². The number of hydrogen-bond donors (Lipinski definition) is 2. The summed E-state index contributed by atoms with van der Waals surface area (Å²) >= 11 is 0. The zero-order valence-corrected chi connectivity index (χ0v) is 15.9. The summed E-state index contributed by atoms with van der Waals surface area (Å²) in [4.78, 5) is 23.6.